The molecule has 0 atom stereocenters. The lowest BCUT2D eigenvalue weighted by molar-refractivity contribution is -0.114. The molecule has 1 fully saturated rings. The van der Waals surface area contributed by atoms with Crippen molar-refractivity contribution in [1.29, 1.82) is 0 Å². The molecule has 1 heterocycles. The zero-order chi connectivity index (χ0) is 16.2. The lowest BCUT2D eigenvalue weighted by Crippen LogP contribution is -2.35. The highest BCUT2D eigenvalue weighted by Crippen LogP contribution is 2.31. The standard InChI is InChI=1S/C15H22N2O4S/c1-3-21-14-8-7-13(16-12(2)18)11-15(14)22(19,20)17-9-5-4-6-10-17/h7-8,11H,3-6,9-10H2,1-2H3,(H,16,18). The van der Waals surface area contributed by atoms with E-state index in [4.69, 9.17) is 4.74 Å². The van der Waals surface area contributed by atoms with Crippen LogP contribution in [0.1, 0.15) is 33.1 Å². The van der Waals surface area contributed by atoms with Gasteiger partial charge in [-0.2, -0.15) is 4.31 Å². The van der Waals surface area contributed by atoms with Crippen molar-refractivity contribution in [2.45, 2.75) is 38.0 Å². The second kappa shape index (κ2) is 7.11. The molecule has 122 valence electrons. The first-order valence-corrected chi connectivity index (χ1v) is 8.93. The predicted octanol–water partition coefficient (Wildman–Crippen LogP) is 2.22. The minimum Gasteiger partial charge on any atom is -0.492 e. The van der Waals surface area contributed by atoms with Gasteiger partial charge >= 0.3 is 0 Å². The van der Waals surface area contributed by atoms with Gasteiger partial charge in [0.15, 0.2) is 0 Å². The van der Waals surface area contributed by atoms with Crippen molar-refractivity contribution in [2.75, 3.05) is 25.0 Å². The summed E-state index contributed by atoms with van der Waals surface area (Å²) in [5.74, 6) is 0.0765. The third-order valence-corrected chi connectivity index (χ3v) is 5.42. The fraction of sp³-hybridized carbons (Fsp3) is 0.533. The molecule has 6 nitrogen and oxygen atoms in total. The molecule has 1 amide bonds. The van der Waals surface area contributed by atoms with Gasteiger partial charge in [0, 0.05) is 25.7 Å². The van der Waals surface area contributed by atoms with Crippen LogP contribution in [0.15, 0.2) is 23.1 Å². The third kappa shape index (κ3) is 3.78. The number of sulfonamides is 1. The van der Waals surface area contributed by atoms with Gasteiger partial charge in [-0.25, -0.2) is 8.42 Å². The van der Waals surface area contributed by atoms with E-state index < -0.39 is 10.0 Å². The minimum absolute atomic E-state index is 0.113. The molecule has 1 aromatic carbocycles. The number of amides is 1. The number of hydrogen-bond donors (Lipinski definition) is 1. The number of ether oxygens (including phenoxy) is 1. The number of piperidine rings is 1. The molecule has 0 radical (unpaired) electrons. The molecular weight excluding hydrogens is 304 g/mol. The van der Waals surface area contributed by atoms with Crippen LogP contribution in [0, 0.1) is 0 Å². The zero-order valence-electron chi connectivity index (χ0n) is 13.0. The average molecular weight is 326 g/mol. The highest BCUT2D eigenvalue weighted by atomic mass is 32.2. The monoisotopic (exact) mass is 326 g/mol. The van der Waals surface area contributed by atoms with Gasteiger partial charge in [-0.15, -0.1) is 0 Å². The molecule has 0 aliphatic carbocycles. The summed E-state index contributed by atoms with van der Waals surface area (Å²) in [6.45, 7) is 4.62. The fourth-order valence-electron chi connectivity index (χ4n) is 2.51. The Balaban J connectivity index is 2.42. The van der Waals surface area contributed by atoms with E-state index in [1.807, 2.05) is 0 Å². The van der Waals surface area contributed by atoms with Gasteiger partial charge < -0.3 is 10.1 Å². The first kappa shape index (κ1) is 16.8. The maximum atomic E-state index is 12.9. The Hall–Kier alpha value is -1.60. The Morgan fingerprint density at radius 1 is 1.27 bits per heavy atom. The van der Waals surface area contributed by atoms with Crippen molar-refractivity contribution in [1.82, 2.24) is 4.31 Å². The van der Waals surface area contributed by atoms with E-state index in [1.165, 1.54) is 17.3 Å². The van der Waals surface area contributed by atoms with E-state index in [0.717, 1.165) is 19.3 Å². The van der Waals surface area contributed by atoms with E-state index in [9.17, 15) is 13.2 Å². The van der Waals surface area contributed by atoms with Crippen LogP contribution in [0.3, 0.4) is 0 Å². The number of nitrogens with zero attached hydrogens (tertiary/aromatic N) is 1. The van der Waals surface area contributed by atoms with E-state index in [-0.39, 0.29) is 10.8 Å². The molecule has 1 aromatic rings. The molecule has 0 unspecified atom stereocenters. The van der Waals surface area contributed by atoms with E-state index in [0.29, 0.717) is 31.1 Å². The van der Waals surface area contributed by atoms with Crippen molar-refractivity contribution in [2.24, 2.45) is 0 Å². The molecule has 0 saturated carbocycles. The van der Waals surface area contributed by atoms with Crippen LogP contribution in [0.25, 0.3) is 0 Å². The topological polar surface area (TPSA) is 75.7 Å². The Bertz CT molecular complexity index is 637. The molecule has 1 N–H and O–H groups in total. The number of carbonyl (C=O) groups is 1. The van der Waals surface area contributed by atoms with Gasteiger partial charge in [-0.05, 0) is 38.0 Å². The maximum Gasteiger partial charge on any atom is 0.246 e. The summed E-state index contributed by atoms with van der Waals surface area (Å²) in [6, 6.07) is 4.70. The first-order chi connectivity index (χ1) is 10.4. The van der Waals surface area contributed by atoms with Gasteiger partial charge in [-0.1, -0.05) is 6.42 Å². The maximum absolute atomic E-state index is 12.9. The Morgan fingerprint density at radius 2 is 1.95 bits per heavy atom. The molecule has 1 aliphatic heterocycles. The molecule has 22 heavy (non-hydrogen) atoms. The predicted molar refractivity (Wildman–Crippen MR) is 84.5 cm³/mol. The number of nitrogens with one attached hydrogen (secondary N) is 1. The Kier molecular flexibility index (Phi) is 5.42. The van der Waals surface area contributed by atoms with Crippen LogP contribution in [-0.4, -0.2) is 38.3 Å². The first-order valence-electron chi connectivity index (χ1n) is 7.49. The highest BCUT2D eigenvalue weighted by Gasteiger charge is 2.29. The molecule has 0 aromatic heterocycles. The summed E-state index contributed by atoms with van der Waals surface area (Å²) in [7, 11) is -3.62. The largest absolute Gasteiger partial charge is 0.492 e. The summed E-state index contributed by atoms with van der Waals surface area (Å²) >= 11 is 0. The fourth-order valence-corrected chi connectivity index (χ4v) is 4.18. The Morgan fingerprint density at radius 3 is 2.55 bits per heavy atom. The summed E-state index contributed by atoms with van der Waals surface area (Å²) in [6.07, 6.45) is 2.79. The second-order valence-corrected chi connectivity index (χ2v) is 7.15. The molecule has 0 bridgehead atoms. The van der Waals surface area contributed by atoms with Crippen molar-refractivity contribution in [3.8, 4) is 5.75 Å². The SMILES string of the molecule is CCOc1ccc(NC(C)=O)cc1S(=O)(=O)N1CCCCC1. The second-order valence-electron chi connectivity index (χ2n) is 5.24. The van der Waals surface area contributed by atoms with Gasteiger partial charge in [0.25, 0.3) is 0 Å². The summed E-state index contributed by atoms with van der Waals surface area (Å²) < 4.78 is 32.7. The summed E-state index contributed by atoms with van der Waals surface area (Å²) in [5, 5.41) is 2.61. The lowest BCUT2D eigenvalue weighted by atomic mass is 10.2. The molecule has 1 saturated heterocycles. The van der Waals surface area contributed by atoms with Crippen LogP contribution >= 0.6 is 0 Å². The molecular formula is C15H22N2O4S. The average Bonchev–Trinajstić information content (AvgIpc) is 2.49. The number of anilines is 1. The van der Waals surface area contributed by atoms with Crippen LogP contribution in [0.2, 0.25) is 0 Å². The summed E-state index contributed by atoms with van der Waals surface area (Å²) in [5.41, 5.74) is 0.450. The molecule has 7 heteroatoms. The number of benzene rings is 1. The molecule has 2 rings (SSSR count). The van der Waals surface area contributed by atoms with Crippen molar-refractivity contribution >= 4 is 21.6 Å². The van der Waals surface area contributed by atoms with E-state index in [1.54, 1.807) is 19.1 Å². The summed E-state index contributed by atoms with van der Waals surface area (Å²) in [4.78, 5) is 11.3. The quantitative estimate of drug-likeness (QED) is 0.900. The highest BCUT2D eigenvalue weighted by molar-refractivity contribution is 7.89. The third-order valence-electron chi connectivity index (χ3n) is 3.50. The van der Waals surface area contributed by atoms with Crippen molar-refractivity contribution < 1.29 is 17.9 Å². The van der Waals surface area contributed by atoms with Crippen LogP contribution in [0.5, 0.6) is 5.75 Å². The van der Waals surface area contributed by atoms with Gasteiger partial charge in [-0.3, -0.25) is 4.79 Å². The van der Waals surface area contributed by atoms with Gasteiger partial charge in [0.2, 0.25) is 15.9 Å². The van der Waals surface area contributed by atoms with E-state index in [2.05, 4.69) is 5.32 Å². The van der Waals surface area contributed by atoms with Crippen LogP contribution in [-0.2, 0) is 14.8 Å². The molecule has 0 spiro atoms. The molecule has 1 aliphatic rings. The number of hydrogen-bond acceptors (Lipinski definition) is 4. The van der Waals surface area contributed by atoms with Gasteiger partial charge in [0.05, 0.1) is 6.61 Å². The number of carbonyl (C=O) groups excluding carboxylic acids is 1. The van der Waals surface area contributed by atoms with E-state index >= 15 is 0 Å². The lowest BCUT2D eigenvalue weighted by Gasteiger charge is -2.26. The number of rotatable bonds is 5. The zero-order valence-corrected chi connectivity index (χ0v) is 13.8. The van der Waals surface area contributed by atoms with Crippen molar-refractivity contribution in [3.05, 3.63) is 18.2 Å². The Labute approximate surface area is 131 Å². The van der Waals surface area contributed by atoms with Crippen molar-refractivity contribution in [3.63, 3.8) is 0 Å². The van der Waals surface area contributed by atoms with Crippen LogP contribution < -0.4 is 10.1 Å². The minimum atomic E-state index is -3.62. The van der Waals surface area contributed by atoms with Crippen LogP contribution in [0.4, 0.5) is 5.69 Å². The normalized spacial score (nSPS) is 16.3. The smallest absolute Gasteiger partial charge is 0.246 e. The van der Waals surface area contributed by atoms with Gasteiger partial charge in [0.1, 0.15) is 10.6 Å².